The van der Waals surface area contributed by atoms with Crippen LogP contribution in [0.2, 0.25) is 0 Å². The van der Waals surface area contributed by atoms with Crippen molar-refractivity contribution >= 4 is 17.4 Å². The van der Waals surface area contributed by atoms with Gasteiger partial charge in [-0.15, -0.1) is 0 Å². The van der Waals surface area contributed by atoms with Gasteiger partial charge in [0.15, 0.2) is 5.84 Å². The first-order valence-corrected chi connectivity index (χ1v) is 9.63. The van der Waals surface area contributed by atoms with E-state index in [1.54, 1.807) is 12.1 Å². The molecule has 0 saturated carbocycles. The summed E-state index contributed by atoms with van der Waals surface area (Å²) in [5, 5.41) is 31.2. The number of rotatable bonds is 10. The minimum Gasteiger partial charge on any atom is -0.494 e. The lowest BCUT2D eigenvalue weighted by Gasteiger charge is -2.20. The van der Waals surface area contributed by atoms with Crippen LogP contribution in [0.15, 0.2) is 59.6 Å². The number of hydrogen-bond donors (Lipinski definition) is 4. The molecule has 0 bridgehead atoms. The van der Waals surface area contributed by atoms with Gasteiger partial charge in [0.2, 0.25) is 0 Å². The van der Waals surface area contributed by atoms with Crippen molar-refractivity contribution in [3.05, 3.63) is 60.2 Å². The number of ether oxygens (including phenoxy) is 1. The number of amidine groups is 1. The minimum atomic E-state index is -1.13. The average Bonchev–Trinajstić information content (AvgIpc) is 3.24. The second-order valence-corrected chi connectivity index (χ2v) is 6.57. The lowest BCUT2D eigenvalue weighted by molar-refractivity contribution is -0.131. The summed E-state index contributed by atoms with van der Waals surface area (Å²) in [5.41, 5.74) is 1.42. The summed E-state index contributed by atoms with van der Waals surface area (Å²) >= 11 is 0. The molecule has 2 aromatic rings. The van der Waals surface area contributed by atoms with Gasteiger partial charge in [-0.25, -0.2) is 14.9 Å². The van der Waals surface area contributed by atoms with E-state index < -0.39 is 24.8 Å². The minimum absolute atomic E-state index is 0.0665. The summed E-state index contributed by atoms with van der Waals surface area (Å²) in [4.78, 5) is 22.6. The van der Waals surface area contributed by atoms with Crippen LogP contribution in [0, 0.1) is 0 Å². The van der Waals surface area contributed by atoms with Crippen LogP contribution in [0.3, 0.4) is 0 Å². The van der Waals surface area contributed by atoms with Gasteiger partial charge < -0.3 is 25.4 Å². The summed E-state index contributed by atoms with van der Waals surface area (Å²) in [7, 11) is 0. The summed E-state index contributed by atoms with van der Waals surface area (Å²) in [6.45, 7) is -0.0799. The Labute approximate surface area is 174 Å². The van der Waals surface area contributed by atoms with Gasteiger partial charge in [0, 0.05) is 25.1 Å². The van der Waals surface area contributed by atoms with Crippen molar-refractivity contribution in [1.82, 2.24) is 5.32 Å². The van der Waals surface area contributed by atoms with Crippen LogP contribution < -0.4 is 15.1 Å². The molecule has 2 aromatic carbocycles. The van der Waals surface area contributed by atoms with Crippen LogP contribution in [0.5, 0.6) is 5.75 Å². The Hall–Kier alpha value is -2.98. The summed E-state index contributed by atoms with van der Waals surface area (Å²) in [6.07, 6.45) is -1.64. The van der Waals surface area contributed by atoms with Crippen molar-refractivity contribution < 1.29 is 29.7 Å². The number of benzene rings is 2. The predicted octanol–water partition coefficient (Wildman–Crippen LogP) is 0.442. The number of nitrogens with one attached hydrogen (secondary N) is 1. The standard InChI is InChI=1S/C21H25N3O6/c25-11-4-12-29-18-9-7-15(8-10-18)19-23-21(20(28)22-13-17(27)14-26)30-24(19)16-5-2-1-3-6-16/h1-3,5-10,17,21,25-27H,4,11-14H2,(H,22,28). The van der Waals surface area contributed by atoms with Crippen molar-refractivity contribution in [2.24, 2.45) is 4.99 Å². The number of nitrogens with zero attached hydrogens (tertiary/aromatic N) is 2. The van der Waals surface area contributed by atoms with E-state index in [1.807, 2.05) is 42.5 Å². The Bertz CT molecular complexity index is 844. The van der Waals surface area contributed by atoms with Crippen LogP contribution in [0.25, 0.3) is 0 Å². The Morgan fingerprint density at radius 1 is 1.17 bits per heavy atom. The molecule has 0 aromatic heterocycles. The molecule has 1 amide bonds. The zero-order valence-electron chi connectivity index (χ0n) is 16.3. The van der Waals surface area contributed by atoms with E-state index in [4.69, 9.17) is 19.8 Å². The highest BCUT2D eigenvalue weighted by molar-refractivity contribution is 6.10. The second kappa shape index (κ2) is 10.7. The number of carbonyl (C=O) groups excluding carboxylic acids is 1. The van der Waals surface area contributed by atoms with Crippen molar-refractivity contribution in [2.75, 3.05) is 31.4 Å². The maximum absolute atomic E-state index is 12.4. The van der Waals surface area contributed by atoms with Gasteiger partial charge in [-0.1, -0.05) is 18.2 Å². The predicted molar refractivity (Wildman–Crippen MR) is 110 cm³/mol. The van der Waals surface area contributed by atoms with E-state index in [2.05, 4.69) is 10.3 Å². The zero-order chi connectivity index (χ0) is 21.3. The molecule has 2 unspecified atom stereocenters. The third-order valence-electron chi connectivity index (χ3n) is 4.26. The number of carbonyl (C=O) groups is 1. The third kappa shape index (κ3) is 5.55. The first kappa shape index (κ1) is 21.7. The van der Waals surface area contributed by atoms with Crippen molar-refractivity contribution in [1.29, 1.82) is 0 Å². The highest BCUT2D eigenvalue weighted by Gasteiger charge is 2.33. The molecular formula is C21H25N3O6. The molecule has 9 nitrogen and oxygen atoms in total. The third-order valence-corrected chi connectivity index (χ3v) is 4.26. The normalized spacial score (nSPS) is 16.8. The molecule has 160 valence electrons. The van der Waals surface area contributed by atoms with Crippen LogP contribution in [-0.2, 0) is 9.63 Å². The maximum Gasteiger partial charge on any atom is 0.274 e. The van der Waals surface area contributed by atoms with Gasteiger partial charge in [0.05, 0.1) is 25.0 Å². The van der Waals surface area contributed by atoms with E-state index in [-0.39, 0.29) is 13.2 Å². The molecule has 4 N–H and O–H groups in total. The molecule has 1 aliphatic heterocycles. The number of hydrogen-bond acceptors (Lipinski definition) is 8. The smallest absolute Gasteiger partial charge is 0.274 e. The number of anilines is 1. The van der Waals surface area contributed by atoms with Crippen LogP contribution in [0.4, 0.5) is 5.69 Å². The number of amides is 1. The van der Waals surface area contributed by atoms with Crippen molar-refractivity contribution in [2.45, 2.75) is 18.8 Å². The summed E-state index contributed by atoms with van der Waals surface area (Å²) in [6, 6.07) is 16.4. The monoisotopic (exact) mass is 415 g/mol. The van der Waals surface area contributed by atoms with Gasteiger partial charge in [-0.3, -0.25) is 4.79 Å². The topological polar surface area (TPSA) is 124 Å². The van der Waals surface area contributed by atoms with E-state index in [9.17, 15) is 9.90 Å². The number of aliphatic imine (C=N–C) groups is 1. The Morgan fingerprint density at radius 2 is 1.90 bits per heavy atom. The van der Waals surface area contributed by atoms with E-state index in [0.717, 1.165) is 5.56 Å². The molecule has 30 heavy (non-hydrogen) atoms. The van der Waals surface area contributed by atoms with E-state index in [1.165, 1.54) is 5.06 Å². The fourth-order valence-electron chi connectivity index (χ4n) is 2.71. The Morgan fingerprint density at radius 3 is 2.57 bits per heavy atom. The molecular weight excluding hydrogens is 390 g/mol. The maximum atomic E-state index is 12.4. The molecule has 0 spiro atoms. The first-order valence-electron chi connectivity index (χ1n) is 9.63. The molecule has 9 heteroatoms. The first-order chi connectivity index (χ1) is 14.6. The molecule has 0 radical (unpaired) electrons. The highest BCUT2D eigenvalue weighted by Crippen LogP contribution is 2.26. The molecule has 2 atom stereocenters. The largest absolute Gasteiger partial charge is 0.494 e. The molecule has 0 aliphatic carbocycles. The highest BCUT2D eigenvalue weighted by atomic mass is 16.7. The van der Waals surface area contributed by atoms with Crippen LogP contribution >= 0.6 is 0 Å². The quantitative estimate of drug-likeness (QED) is 0.415. The van der Waals surface area contributed by atoms with Crippen LogP contribution in [-0.4, -0.2) is 65.8 Å². The number of aliphatic hydroxyl groups excluding tert-OH is 3. The summed E-state index contributed by atoms with van der Waals surface area (Å²) < 4.78 is 5.55. The Kier molecular flexibility index (Phi) is 7.75. The molecule has 1 aliphatic rings. The second-order valence-electron chi connectivity index (χ2n) is 6.57. The number of para-hydroxylation sites is 1. The molecule has 3 rings (SSSR count). The fraction of sp³-hybridized carbons (Fsp3) is 0.333. The molecule has 0 saturated heterocycles. The van der Waals surface area contributed by atoms with Crippen LogP contribution in [0.1, 0.15) is 12.0 Å². The summed E-state index contributed by atoms with van der Waals surface area (Å²) in [5.74, 6) is 0.582. The SMILES string of the molecule is O=C(NCC(O)CO)C1N=C(c2ccc(OCCCO)cc2)N(c2ccccc2)O1. The van der Waals surface area contributed by atoms with Gasteiger partial charge in [-0.05, 0) is 36.4 Å². The van der Waals surface area contributed by atoms with Gasteiger partial charge >= 0.3 is 0 Å². The average molecular weight is 415 g/mol. The molecule has 1 heterocycles. The zero-order valence-corrected chi connectivity index (χ0v) is 16.3. The number of aliphatic hydroxyl groups is 3. The lowest BCUT2D eigenvalue weighted by Crippen LogP contribution is -2.40. The van der Waals surface area contributed by atoms with Gasteiger partial charge in [-0.2, -0.15) is 0 Å². The van der Waals surface area contributed by atoms with Crippen molar-refractivity contribution in [3.63, 3.8) is 0 Å². The Balaban J connectivity index is 1.79. The van der Waals surface area contributed by atoms with Gasteiger partial charge in [0.1, 0.15) is 5.75 Å². The van der Waals surface area contributed by atoms with E-state index in [0.29, 0.717) is 30.3 Å². The molecule has 0 fully saturated rings. The fourth-order valence-corrected chi connectivity index (χ4v) is 2.71. The van der Waals surface area contributed by atoms with Gasteiger partial charge in [0.25, 0.3) is 12.1 Å². The lowest BCUT2D eigenvalue weighted by atomic mass is 10.2. The van der Waals surface area contributed by atoms with E-state index >= 15 is 0 Å². The number of hydroxylamine groups is 1. The van der Waals surface area contributed by atoms with Crippen molar-refractivity contribution in [3.8, 4) is 5.75 Å².